The third-order valence-electron chi connectivity index (χ3n) is 2.31. The minimum Gasteiger partial charge on any atom is -0.294 e. The summed E-state index contributed by atoms with van der Waals surface area (Å²) in [6.45, 7) is 1.99. The van der Waals surface area contributed by atoms with Crippen LogP contribution in [0, 0.1) is 6.92 Å². The predicted molar refractivity (Wildman–Crippen MR) is 71.2 cm³/mol. The molecule has 0 saturated carbocycles. The molecule has 0 amide bonds. The Labute approximate surface area is 107 Å². The number of carbonyl (C=O) groups is 1. The van der Waals surface area contributed by atoms with Gasteiger partial charge in [0.15, 0.2) is 5.78 Å². The maximum absolute atomic E-state index is 12.0. The summed E-state index contributed by atoms with van der Waals surface area (Å²) in [5.41, 5.74) is 2.97. The molecule has 0 aliphatic heterocycles. The van der Waals surface area contributed by atoms with Crippen LogP contribution in [-0.2, 0) is 6.42 Å². The Bertz CT molecular complexity index is 482. The molecule has 0 bridgehead atoms. The Morgan fingerprint density at radius 1 is 1.38 bits per heavy atom. The summed E-state index contributed by atoms with van der Waals surface area (Å²) in [6, 6.07) is 7.80. The third kappa shape index (κ3) is 2.80. The van der Waals surface area contributed by atoms with Gasteiger partial charge in [-0.05, 0) is 53.1 Å². The van der Waals surface area contributed by atoms with Crippen molar-refractivity contribution in [2.75, 3.05) is 0 Å². The van der Waals surface area contributed by atoms with E-state index >= 15 is 0 Å². The number of halogens is 1. The number of rotatable bonds is 3. The minimum absolute atomic E-state index is 0.169. The van der Waals surface area contributed by atoms with Gasteiger partial charge >= 0.3 is 0 Å². The van der Waals surface area contributed by atoms with Crippen molar-refractivity contribution in [1.29, 1.82) is 0 Å². The molecule has 0 spiro atoms. The topological polar surface area (TPSA) is 17.1 Å². The summed E-state index contributed by atoms with van der Waals surface area (Å²) in [5.74, 6) is 0.169. The van der Waals surface area contributed by atoms with Crippen molar-refractivity contribution in [3.8, 4) is 0 Å². The molecular formula is C13H11BrOS. The van der Waals surface area contributed by atoms with Gasteiger partial charge in [0.25, 0.3) is 0 Å². The van der Waals surface area contributed by atoms with Crippen LogP contribution < -0.4 is 0 Å². The molecule has 1 heterocycles. The van der Waals surface area contributed by atoms with Crippen molar-refractivity contribution in [3.63, 3.8) is 0 Å². The zero-order valence-electron chi connectivity index (χ0n) is 8.87. The van der Waals surface area contributed by atoms with Crippen molar-refractivity contribution in [1.82, 2.24) is 0 Å². The van der Waals surface area contributed by atoms with E-state index in [2.05, 4.69) is 15.9 Å². The summed E-state index contributed by atoms with van der Waals surface area (Å²) in [7, 11) is 0. The molecule has 0 aliphatic carbocycles. The first kappa shape index (κ1) is 11.6. The quantitative estimate of drug-likeness (QED) is 0.774. The van der Waals surface area contributed by atoms with Gasteiger partial charge in [-0.2, -0.15) is 11.3 Å². The minimum atomic E-state index is 0.169. The van der Waals surface area contributed by atoms with Crippen LogP contribution in [0.25, 0.3) is 0 Å². The number of Topliss-reactive ketones (excluding diaryl/α,β-unsaturated/α-hetero) is 1. The highest BCUT2D eigenvalue weighted by Gasteiger charge is 2.08. The standard InChI is InChI=1S/C13H11BrOS/c1-9-4-11(7-12(14)5-9)13(15)6-10-2-3-16-8-10/h2-5,7-8H,6H2,1H3. The smallest absolute Gasteiger partial charge is 0.167 e. The molecule has 1 aromatic carbocycles. The fourth-order valence-electron chi connectivity index (χ4n) is 1.58. The maximum Gasteiger partial charge on any atom is 0.167 e. The van der Waals surface area contributed by atoms with Crippen LogP contribution in [0.15, 0.2) is 39.5 Å². The Morgan fingerprint density at radius 3 is 2.81 bits per heavy atom. The molecule has 0 unspecified atom stereocenters. The van der Waals surface area contributed by atoms with Crippen LogP contribution in [0.4, 0.5) is 0 Å². The Kier molecular flexibility index (Phi) is 3.56. The highest BCUT2D eigenvalue weighted by molar-refractivity contribution is 9.10. The van der Waals surface area contributed by atoms with Gasteiger partial charge in [0.05, 0.1) is 0 Å². The number of thiophene rings is 1. The lowest BCUT2D eigenvalue weighted by molar-refractivity contribution is 0.0993. The van der Waals surface area contributed by atoms with Crippen LogP contribution in [0.1, 0.15) is 21.5 Å². The molecule has 0 N–H and O–H groups in total. The number of hydrogen-bond donors (Lipinski definition) is 0. The number of hydrogen-bond acceptors (Lipinski definition) is 2. The van der Waals surface area contributed by atoms with Crippen LogP contribution in [0.5, 0.6) is 0 Å². The molecule has 3 heteroatoms. The van der Waals surface area contributed by atoms with E-state index in [1.165, 1.54) is 0 Å². The van der Waals surface area contributed by atoms with Gasteiger partial charge in [-0.25, -0.2) is 0 Å². The molecule has 0 fully saturated rings. The van der Waals surface area contributed by atoms with Gasteiger partial charge in [0.2, 0.25) is 0 Å². The van der Waals surface area contributed by atoms with E-state index in [1.807, 2.05) is 41.9 Å². The SMILES string of the molecule is Cc1cc(Br)cc(C(=O)Cc2ccsc2)c1. The molecule has 82 valence electrons. The second-order valence-electron chi connectivity index (χ2n) is 3.75. The first-order valence-corrected chi connectivity index (χ1v) is 6.70. The van der Waals surface area contributed by atoms with E-state index in [0.29, 0.717) is 6.42 Å². The molecule has 0 aliphatic rings. The lowest BCUT2D eigenvalue weighted by atomic mass is 10.0. The number of benzene rings is 1. The van der Waals surface area contributed by atoms with Crippen LogP contribution in [0.3, 0.4) is 0 Å². The van der Waals surface area contributed by atoms with Crippen molar-refractivity contribution in [2.24, 2.45) is 0 Å². The molecule has 1 nitrogen and oxygen atoms in total. The van der Waals surface area contributed by atoms with Crippen LogP contribution in [-0.4, -0.2) is 5.78 Å². The molecule has 0 atom stereocenters. The predicted octanol–water partition coefficient (Wildman–Crippen LogP) is 4.24. The zero-order valence-corrected chi connectivity index (χ0v) is 11.3. The lowest BCUT2D eigenvalue weighted by Gasteiger charge is -2.02. The largest absolute Gasteiger partial charge is 0.294 e. The van der Waals surface area contributed by atoms with Gasteiger partial charge in [0, 0.05) is 16.5 Å². The van der Waals surface area contributed by atoms with Gasteiger partial charge in [-0.15, -0.1) is 0 Å². The fourth-order valence-corrected chi connectivity index (χ4v) is 2.85. The maximum atomic E-state index is 12.0. The summed E-state index contributed by atoms with van der Waals surface area (Å²) < 4.78 is 0.959. The normalized spacial score (nSPS) is 10.4. The molecule has 1 aromatic heterocycles. The summed E-state index contributed by atoms with van der Waals surface area (Å²) in [5, 5.41) is 4.01. The van der Waals surface area contributed by atoms with Crippen LogP contribution >= 0.6 is 27.3 Å². The van der Waals surface area contributed by atoms with E-state index in [9.17, 15) is 4.79 Å². The molecule has 0 saturated heterocycles. The molecular weight excluding hydrogens is 284 g/mol. The monoisotopic (exact) mass is 294 g/mol. The third-order valence-corrected chi connectivity index (χ3v) is 3.50. The molecule has 2 aromatic rings. The number of aryl methyl sites for hydroxylation is 1. The molecule has 2 rings (SSSR count). The highest BCUT2D eigenvalue weighted by atomic mass is 79.9. The van der Waals surface area contributed by atoms with E-state index in [0.717, 1.165) is 21.2 Å². The Morgan fingerprint density at radius 2 is 2.19 bits per heavy atom. The van der Waals surface area contributed by atoms with E-state index < -0.39 is 0 Å². The Hall–Kier alpha value is -0.930. The van der Waals surface area contributed by atoms with Gasteiger partial charge in [-0.1, -0.05) is 15.9 Å². The Balaban J connectivity index is 2.21. The lowest BCUT2D eigenvalue weighted by Crippen LogP contribution is -2.03. The van der Waals surface area contributed by atoms with Crippen molar-refractivity contribution < 1.29 is 4.79 Å². The number of ketones is 1. The first-order valence-electron chi connectivity index (χ1n) is 4.96. The van der Waals surface area contributed by atoms with E-state index in [4.69, 9.17) is 0 Å². The summed E-state index contributed by atoms with van der Waals surface area (Å²) in [6.07, 6.45) is 0.486. The van der Waals surface area contributed by atoms with E-state index in [1.54, 1.807) is 11.3 Å². The van der Waals surface area contributed by atoms with Gasteiger partial charge < -0.3 is 0 Å². The first-order chi connectivity index (χ1) is 7.65. The fraction of sp³-hybridized carbons (Fsp3) is 0.154. The second kappa shape index (κ2) is 4.93. The summed E-state index contributed by atoms with van der Waals surface area (Å²) in [4.78, 5) is 12.0. The highest BCUT2D eigenvalue weighted by Crippen LogP contribution is 2.17. The van der Waals surface area contributed by atoms with Crippen molar-refractivity contribution >= 4 is 33.0 Å². The van der Waals surface area contributed by atoms with Crippen molar-refractivity contribution in [3.05, 3.63) is 56.2 Å². The number of carbonyl (C=O) groups excluding carboxylic acids is 1. The molecule has 16 heavy (non-hydrogen) atoms. The van der Waals surface area contributed by atoms with Crippen molar-refractivity contribution in [2.45, 2.75) is 13.3 Å². The average molecular weight is 295 g/mol. The van der Waals surface area contributed by atoms with Crippen LogP contribution in [0.2, 0.25) is 0 Å². The zero-order chi connectivity index (χ0) is 11.5. The van der Waals surface area contributed by atoms with Gasteiger partial charge in [-0.3, -0.25) is 4.79 Å². The van der Waals surface area contributed by atoms with Gasteiger partial charge in [0.1, 0.15) is 0 Å². The summed E-state index contributed by atoms with van der Waals surface area (Å²) >= 11 is 5.03. The average Bonchev–Trinajstić information content (AvgIpc) is 2.68. The second-order valence-corrected chi connectivity index (χ2v) is 5.44. The van der Waals surface area contributed by atoms with E-state index in [-0.39, 0.29) is 5.78 Å². The molecule has 0 radical (unpaired) electrons.